The summed E-state index contributed by atoms with van der Waals surface area (Å²) in [5, 5.41) is 9.15. The quantitative estimate of drug-likeness (QED) is 0.0161. The number of carbonyl (C=O) groups is 3. The van der Waals surface area contributed by atoms with Gasteiger partial charge in [-0.1, -0.05) is 247 Å². The summed E-state index contributed by atoms with van der Waals surface area (Å²) in [6.45, 7) is 20.0. The first-order valence-electron chi connectivity index (χ1n) is 42.5. The van der Waals surface area contributed by atoms with E-state index in [0.29, 0.717) is 86.5 Å². The Morgan fingerprint density at radius 1 is 0.237 bits per heavy atom. The maximum atomic E-state index is 11.8. The molecule has 2 aromatic heterocycles. The van der Waals surface area contributed by atoms with Crippen LogP contribution in [0.5, 0.6) is 70.6 Å². The number of hydrogen-bond donors (Lipinski definition) is 1. The van der Waals surface area contributed by atoms with Gasteiger partial charge in [-0.25, -0.2) is 14.4 Å². The van der Waals surface area contributed by atoms with E-state index in [1.807, 2.05) is 109 Å². The van der Waals surface area contributed by atoms with Crippen molar-refractivity contribution in [3.8, 4) is 104 Å². The highest BCUT2D eigenvalue weighted by atomic mass is 16.6. The van der Waals surface area contributed by atoms with E-state index < -0.39 is 17.9 Å². The number of aliphatic hydroxyl groups is 1. The van der Waals surface area contributed by atoms with Crippen molar-refractivity contribution in [2.45, 2.75) is 226 Å². The number of nitrogens with zero attached hydrogens (tertiary/aromatic N) is 6. The van der Waals surface area contributed by atoms with Crippen LogP contribution in [0.3, 0.4) is 0 Å². The summed E-state index contributed by atoms with van der Waals surface area (Å²) in [5.74, 6) is 2.85. The molecular weight excluding hydrogens is 1490 g/mol. The van der Waals surface area contributed by atoms with Crippen LogP contribution in [0.15, 0.2) is 182 Å². The minimum absolute atomic E-state index is 0.116. The number of ether oxygens (including phenoxy) is 12. The fraction of sp³-hybridized carbons (Fsp3) is 0.469. The third-order valence-corrected chi connectivity index (χ3v) is 19.2. The van der Waals surface area contributed by atoms with Crippen LogP contribution in [0, 0.1) is 0 Å². The van der Waals surface area contributed by atoms with Gasteiger partial charge in [0, 0.05) is 23.3 Å². The number of rotatable bonds is 61. The van der Waals surface area contributed by atoms with E-state index in [-0.39, 0.29) is 42.7 Å². The van der Waals surface area contributed by atoms with Gasteiger partial charge in [-0.05, 0) is 178 Å². The van der Waals surface area contributed by atoms with Gasteiger partial charge in [-0.2, -0.15) is 0 Å². The third-order valence-electron chi connectivity index (χ3n) is 19.2. The zero-order valence-electron chi connectivity index (χ0n) is 70.5. The second-order valence-electron chi connectivity index (χ2n) is 29.4. The normalized spacial score (nSPS) is 10.8. The van der Waals surface area contributed by atoms with Crippen LogP contribution in [-0.4, -0.2) is 120 Å². The molecule has 0 aliphatic rings. The fourth-order valence-electron chi connectivity index (χ4n) is 12.3. The standard InChI is InChI=1S/C63H83N3O10.C33H43N3O6/c1-49(2)59(68)75-57-39-31-53(32-40-57)51-27-35-55(36-28-51)70-44-22-17-13-9-5-7-11-15-19-24-46-72-61-64-62(66-63(65-61)74-48-26-21-43-67)73-47-25-20-16-12-8-6-10-14-18-23-45-71-56-37-29-52(30-38-56)54-33-41-58(42-34-54)76-60(69)50(3)4;1-25(2)30(37)42-29-21-17-27(18-22-29)26-15-19-28(20-16-26)40-23-13-11-9-7-5-6-8-10-12-14-24-41-33-35-31(38-3)34-32(36-33)39-4/h27-42,67H,1,3,5-26,43-48H2,2,4H3;15-22H,1,5-14,23-24H2,2-4H3. The molecular formula is C96H126N6O16. The minimum atomic E-state index is -0.426. The number of carbonyl (C=O) groups excluding carboxylic acids is 3. The van der Waals surface area contributed by atoms with Gasteiger partial charge in [0.1, 0.15) is 34.5 Å². The van der Waals surface area contributed by atoms with Crippen molar-refractivity contribution in [2.24, 2.45) is 0 Å². The summed E-state index contributed by atoms with van der Waals surface area (Å²) in [6, 6.07) is 47.8. The molecule has 0 amide bonds. The van der Waals surface area contributed by atoms with Crippen LogP contribution in [0.2, 0.25) is 0 Å². The van der Waals surface area contributed by atoms with Crippen molar-refractivity contribution in [1.82, 2.24) is 29.9 Å². The number of hydrogen-bond acceptors (Lipinski definition) is 22. The number of aromatic nitrogens is 6. The molecule has 8 rings (SSSR count). The minimum Gasteiger partial charge on any atom is -0.494 e. The van der Waals surface area contributed by atoms with Gasteiger partial charge in [0.05, 0.1) is 60.5 Å². The molecule has 0 fully saturated rings. The average Bonchev–Trinajstić information content (AvgIpc) is 0.866. The topological polar surface area (TPSA) is 260 Å². The Balaban J connectivity index is 0.000000385. The molecule has 6 aromatic carbocycles. The first-order valence-corrected chi connectivity index (χ1v) is 42.5. The molecule has 0 aliphatic heterocycles. The van der Waals surface area contributed by atoms with E-state index in [4.69, 9.17) is 61.9 Å². The predicted octanol–water partition coefficient (Wildman–Crippen LogP) is 22.4. The lowest BCUT2D eigenvalue weighted by Crippen LogP contribution is -2.09. The van der Waals surface area contributed by atoms with Crippen LogP contribution >= 0.6 is 0 Å². The molecule has 0 bridgehead atoms. The van der Waals surface area contributed by atoms with Crippen molar-refractivity contribution in [2.75, 3.05) is 67.1 Å². The van der Waals surface area contributed by atoms with E-state index >= 15 is 0 Å². The van der Waals surface area contributed by atoms with Crippen molar-refractivity contribution in [3.05, 3.63) is 182 Å². The monoisotopic (exact) mass is 1620 g/mol. The Labute approximate surface area is 699 Å². The molecule has 0 saturated heterocycles. The predicted molar refractivity (Wildman–Crippen MR) is 463 cm³/mol. The molecule has 2 heterocycles. The Morgan fingerprint density at radius 2 is 0.398 bits per heavy atom. The highest BCUT2D eigenvalue weighted by Gasteiger charge is 2.15. The molecule has 22 heteroatoms. The zero-order chi connectivity index (χ0) is 83.8. The molecule has 0 radical (unpaired) electrons. The van der Waals surface area contributed by atoms with Crippen LogP contribution < -0.4 is 56.8 Å². The Bertz CT molecular complexity index is 3980. The SMILES string of the molecule is C=C(C)C(=O)Oc1ccc(-c2ccc(OCCCCCCCCCCCCOc3nc(OC)nc(OC)n3)cc2)cc1.C=C(C)C(=O)Oc1ccc(-c2ccc(OCCCCCCCCCCCCOc3nc(OCCCCO)nc(OCCCCCCCCCCCCOc4ccc(-c5ccc(OC(=O)C(=C)C)cc5)cc4)n3)cc2)cc1. The maximum Gasteiger partial charge on any atom is 0.338 e. The van der Waals surface area contributed by atoms with Crippen molar-refractivity contribution in [3.63, 3.8) is 0 Å². The Kier molecular flexibility index (Phi) is 45.7. The lowest BCUT2D eigenvalue weighted by atomic mass is 10.1. The first-order chi connectivity index (χ1) is 57.6. The molecule has 0 unspecified atom stereocenters. The molecule has 8 aromatic rings. The van der Waals surface area contributed by atoms with E-state index in [0.717, 1.165) is 128 Å². The Morgan fingerprint density at radius 3 is 0.585 bits per heavy atom. The fourth-order valence-corrected chi connectivity index (χ4v) is 12.3. The smallest absolute Gasteiger partial charge is 0.338 e. The second-order valence-corrected chi connectivity index (χ2v) is 29.4. The molecule has 0 saturated carbocycles. The van der Waals surface area contributed by atoms with Gasteiger partial charge in [-0.15, -0.1) is 29.9 Å². The van der Waals surface area contributed by atoms with Crippen LogP contribution in [-0.2, 0) is 14.4 Å². The van der Waals surface area contributed by atoms with Gasteiger partial charge in [-0.3, -0.25) is 0 Å². The lowest BCUT2D eigenvalue weighted by Gasteiger charge is -2.10. The Hall–Kier alpha value is -10.9. The third kappa shape index (κ3) is 39.4. The summed E-state index contributed by atoms with van der Waals surface area (Å²) < 4.78 is 67.0. The highest BCUT2D eigenvalue weighted by molar-refractivity contribution is 5.90. The molecule has 22 nitrogen and oxygen atoms in total. The molecule has 118 heavy (non-hydrogen) atoms. The largest absolute Gasteiger partial charge is 0.494 e. The lowest BCUT2D eigenvalue weighted by molar-refractivity contribution is -0.130. The average molecular weight is 1620 g/mol. The van der Waals surface area contributed by atoms with Gasteiger partial charge in [0.15, 0.2) is 0 Å². The molecule has 1 N–H and O–H groups in total. The van der Waals surface area contributed by atoms with Crippen molar-refractivity contribution in [1.29, 1.82) is 0 Å². The van der Waals surface area contributed by atoms with E-state index in [2.05, 4.69) is 49.6 Å². The van der Waals surface area contributed by atoms with Crippen LogP contribution in [0.25, 0.3) is 33.4 Å². The van der Waals surface area contributed by atoms with Gasteiger partial charge < -0.3 is 61.9 Å². The van der Waals surface area contributed by atoms with Crippen LogP contribution in [0.4, 0.5) is 0 Å². The number of methoxy groups -OCH3 is 2. The maximum absolute atomic E-state index is 11.8. The summed E-state index contributed by atoms with van der Waals surface area (Å²) in [7, 11) is 2.99. The van der Waals surface area contributed by atoms with E-state index in [1.165, 1.54) is 136 Å². The van der Waals surface area contributed by atoms with Gasteiger partial charge >= 0.3 is 54.0 Å². The van der Waals surface area contributed by atoms with Gasteiger partial charge in [0.25, 0.3) is 0 Å². The summed E-state index contributed by atoms with van der Waals surface area (Å²) in [5.41, 5.74) is 7.45. The number of unbranched alkanes of at least 4 members (excludes halogenated alkanes) is 28. The molecule has 0 aliphatic carbocycles. The second kappa shape index (κ2) is 57.3. The summed E-state index contributed by atoms with van der Waals surface area (Å²) in [4.78, 5) is 60.4. The summed E-state index contributed by atoms with van der Waals surface area (Å²) >= 11 is 0. The number of benzene rings is 6. The molecule has 0 spiro atoms. The highest BCUT2D eigenvalue weighted by Crippen LogP contribution is 2.30. The number of esters is 3. The zero-order valence-corrected chi connectivity index (χ0v) is 70.5. The molecule has 636 valence electrons. The van der Waals surface area contributed by atoms with Crippen LogP contribution in [0.1, 0.15) is 226 Å². The van der Waals surface area contributed by atoms with E-state index in [1.54, 1.807) is 57.2 Å². The van der Waals surface area contributed by atoms with E-state index in [9.17, 15) is 14.4 Å². The molecule has 0 atom stereocenters. The summed E-state index contributed by atoms with van der Waals surface area (Å²) in [6.07, 6.45) is 36.3. The van der Waals surface area contributed by atoms with Crippen molar-refractivity contribution >= 4 is 17.9 Å². The first kappa shape index (κ1) is 94.3. The number of aliphatic hydroxyl groups excluding tert-OH is 1. The van der Waals surface area contributed by atoms with Crippen molar-refractivity contribution < 1.29 is 76.3 Å². The van der Waals surface area contributed by atoms with Gasteiger partial charge in [0.2, 0.25) is 0 Å².